The molecule has 1 atom stereocenters. The number of allylic oxidation sites excluding steroid dienone is 1. The van der Waals surface area contributed by atoms with Crippen molar-refractivity contribution in [3.05, 3.63) is 29.7 Å². The van der Waals surface area contributed by atoms with Gasteiger partial charge in [0.15, 0.2) is 0 Å². The van der Waals surface area contributed by atoms with Gasteiger partial charge >= 0.3 is 0 Å². The second-order valence-electron chi connectivity index (χ2n) is 4.98. The van der Waals surface area contributed by atoms with Crippen molar-refractivity contribution >= 4 is 5.91 Å². The van der Waals surface area contributed by atoms with Crippen molar-refractivity contribution in [1.29, 1.82) is 0 Å². The summed E-state index contributed by atoms with van der Waals surface area (Å²) in [6.45, 7) is 7.02. The maximum Gasteiger partial charge on any atom is 0.246 e. The van der Waals surface area contributed by atoms with Gasteiger partial charge in [-0.1, -0.05) is 5.57 Å². The van der Waals surface area contributed by atoms with E-state index in [0.29, 0.717) is 18.2 Å². The summed E-state index contributed by atoms with van der Waals surface area (Å²) in [6, 6.07) is 1.74. The Hall–Kier alpha value is -1.91. The minimum Gasteiger partial charge on any atom is -0.472 e. The number of aryl methyl sites for hydroxylation is 1. The molecule has 1 amide bonds. The fraction of sp³-hybridized carbons (Fsp3) is 0.500. The Labute approximate surface area is 113 Å². The Balaban J connectivity index is 1.92. The number of carbonyl (C=O) groups is 1. The molecule has 19 heavy (non-hydrogen) atoms. The highest BCUT2D eigenvalue weighted by molar-refractivity contribution is 5.88. The minimum atomic E-state index is 0.0174. The lowest BCUT2D eigenvalue weighted by molar-refractivity contribution is -0.125. The normalized spacial score (nSPS) is 18.3. The SMILES string of the molecule is CC(C)=CC(=O)N1CC[C@H](Oc2ccnc(C)n2)C1. The van der Waals surface area contributed by atoms with Crippen molar-refractivity contribution in [2.24, 2.45) is 0 Å². The van der Waals surface area contributed by atoms with Crippen LogP contribution in [0.4, 0.5) is 0 Å². The zero-order valence-corrected chi connectivity index (χ0v) is 11.6. The van der Waals surface area contributed by atoms with Crippen LogP contribution in [0.5, 0.6) is 5.88 Å². The molecule has 0 radical (unpaired) electrons. The first-order chi connectivity index (χ1) is 9.04. The van der Waals surface area contributed by atoms with Crippen molar-refractivity contribution in [2.75, 3.05) is 13.1 Å². The number of likely N-dealkylation sites (tertiary alicyclic amines) is 1. The first kappa shape index (κ1) is 13.5. The van der Waals surface area contributed by atoms with Crippen LogP contribution in [0.1, 0.15) is 26.1 Å². The Morgan fingerprint density at radius 3 is 3.00 bits per heavy atom. The van der Waals surface area contributed by atoms with Crippen molar-refractivity contribution < 1.29 is 9.53 Å². The highest BCUT2D eigenvalue weighted by Crippen LogP contribution is 2.16. The summed E-state index contributed by atoms with van der Waals surface area (Å²) in [6.07, 6.45) is 4.20. The van der Waals surface area contributed by atoms with Crippen LogP contribution in [0.3, 0.4) is 0 Å². The lowest BCUT2D eigenvalue weighted by Crippen LogP contribution is -2.29. The van der Waals surface area contributed by atoms with E-state index in [9.17, 15) is 4.79 Å². The molecule has 0 aromatic carbocycles. The second-order valence-corrected chi connectivity index (χ2v) is 4.98. The van der Waals surface area contributed by atoms with Gasteiger partial charge in [-0.3, -0.25) is 4.79 Å². The topological polar surface area (TPSA) is 55.3 Å². The number of rotatable bonds is 3. The van der Waals surface area contributed by atoms with Gasteiger partial charge in [0.25, 0.3) is 0 Å². The zero-order chi connectivity index (χ0) is 13.8. The average Bonchev–Trinajstić information content (AvgIpc) is 2.76. The van der Waals surface area contributed by atoms with Gasteiger partial charge in [0, 0.05) is 31.3 Å². The van der Waals surface area contributed by atoms with Crippen LogP contribution >= 0.6 is 0 Å². The zero-order valence-electron chi connectivity index (χ0n) is 11.6. The quantitative estimate of drug-likeness (QED) is 0.778. The van der Waals surface area contributed by atoms with Gasteiger partial charge in [-0.2, -0.15) is 4.98 Å². The maximum absolute atomic E-state index is 11.9. The van der Waals surface area contributed by atoms with Crippen molar-refractivity contribution in [3.63, 3.8) is 0 Å². The van der Waals surface area contributed by atoms with Crippen LogP contribution in [0, 0.1) is 6.92 Å². The molecule has 0 unspecified atom stereocenters. The molecule has 1 aliphatic rings. The Bertz CT molecular complexity index is 495. The molecule has 0 spiro atoms. The Morgan fingerprint density at radius 2 is 2.32 bits per heavy atom. The molecule has 1 fully saturated rings. The predicted octanol–water partition coefficient (Wildman–Crippen LogP) is 1.73. The van der Waals surface area contributed by atoms with Gasteiger partial charge in [0.1, 0.15) is 11.9 Å². The summed E-state index contributed by atoms with van der Waals surface area (Å²) in [5.41, 5.74) is 1.01. The lowest BCUT2D eigenvalue weighted by atomic mass is 10.3. The summed E-state index contributed by atoms with van der Waals surface area (Å²) >= 11 is 0. The molecule has 5 heteroatoms. The van der Waals surface area contributed by atoms with E-state index in [1.165, 1.54) is 0 Å². The predicted molar refractivity (Wildman–Crippen MR) is 71.8 cm³/mol. The monoisotopic (exact) mass is 261 g/mol. The number of nitrogens with zero attached hydrogens (tertiary/aromatic N) is 3. The molecule has 1 saturated heterocycles. The van der Waals surface area contributed by atoms with Crippen LogP contribution < -0.4 is 4.74 Å². The number of aromatic nitrogens is 2. The molecule has 0 N–H and O–H groups in total. The van der Waals surface area contributed by atoms with Crippen LogP contribution in [-0.2, 0) is 4.79 Å². The maximum atomic E-state index is 11.9. The molecule has 1 aliphatic heterocycles. The summed E-state index contributed by atoms with van der Waals surface area (Å²) in [4.78, 5) is 21.9. The number of ether oxygens (including phenoxy) is 1. The van der Waals surface area contributed by atoms with E-state index < -0.39 is 0 Å². The Kier molecular flexibility index (Phi) is 4.14. The van der Waals surface area contributed by atoms with Crippen LogP contribution in [0.15, 0.2) is 23.9 Å². The molecule has 5 nitrogen and oxygen atoms in total. The van der Waals surface area contributed by atoms with Gasteiger partial charge < -0.3 is 9.64 Å². The molecular weight excluding hydrogens is 242 g/mol. The number of hydrogen-bond donors (Lipinski definition) is 0. The van der Waals surface area contributed by atoms with E-state index in [0.717, 1.165) is 18.5 Å². The van der Waals surface area contributed by atoms with Gasteiger partial charge in [-0.15, -0.1) is 0 Å². The van der Waals surface area contributed by atoms with E-state index in [1.54, 1.807) is 18.3 Å². The fourth-order valence-electron chi connectivity index (χ4n) is 2.03. The molecule has 2 heterocycles. The largest absolute Gasteiger partial charge is 0.472 e. The van der Waals surface area contributed by atoms with Gasteiger partial charge in [-0.05, 0) is 20.8 Å². The lowest BCUT2D eigenvalue weighted by Gasteiger charge is -2.15. The van der Waals surface area contributed by atoms with Crippen molar-refractivity contribution in [2.45, 2.75) is 33.3 Å². The molecule has 0 bridgehead atoms. The number of amides is 1. The first-order valence-corrected chi connectivity index (χ1v) is 6.44. The highest BCUT2D eigenvalue weighted by atomic mass is 16.5. The number of hydrogen-bond acceptors (Lipinski definition) is 4. The van der Waals surface area contributed by atoms with Crippen LogP contribution in [-0.4, -0.2) is 40.0 Å². The molecule has 0 aliphatic carbocycles. The molecule has 2 rings (SSSR count). The fourth-order valence-corrected chi connectivity index (χ4v) is 2.03. The van der Waals surface area contributed by atoms with Crippen molar-refractivity contribution in [3.8, 4) is 5.88 Å². The summed E-state index contributed by atoms with van der Waals surface area (Å²) < 4.78 is 5.78. The molecule has 0 saturated carbocycles. The summed E-state index contributed by atoms with van der Waals surface area (Å²) in [7, 11) is 0. The van der Waals surface area contributed by atoms with Gasteiger partial charge in [-0.25, -0.2) is 4.98 Å². The van der Waals surface area contributed by atoms with E-state index in [2.05, 4.69) is 9.97 Å². The molecular formula is C14H19N3O2. The van der Waals surface area contributed by atoms with Gasteiger partial charge in [0.2, 0.25) is 11.8 Å². The van der Waals surface area contributed by atoms with Crippen LogP contribution in [0.2, 0.25) is 0 Å². The molecule has 1 aromatic heterocycles. The third-order valence-electron chi connectivity index (χ3n) is 2.91. The van der Waals surface area contributed by atoms with Gasteiger partial charge in [0.05, 0.1) is 6.54 Å². The van der Waals surface area contributed by atoms with Crippen LogP contribution in [0.25, 0.3) is 0 Å². The number of carbonyl (C=O) groups excluding carboxylic acids is 1. The van der Waals surface area contributed by atoms with E-state index in [1.807, 2.05) is 25.7 Å². The highest BCUT2D eigenvalue weighted by Gasteiger charge is 2.26. The average molecular weight is 261 g/mol. The van der Waals surface area contributed by atoms with E-state index >= 15 is 0 Å². The third-order valence-corrected chi connectivity index (χ3v) is 2.91. The summed E-state index contributed by atoms with van der Waals surface area (Å²) in [5.74, 6) is 1.33. The third kappa shape index (κ3) is 3.77. The van der Waals surface area contributed by atoms with E-state index in [4.69, 9.17) is 4.74 Å². The van der Waals surface area contributed by atoms with E-state index in [-0.39, 0.29) is 12.0 Å². The summed E-state index contributed by atoms with van der Waals surface area (Å²) in [5, 5.41) is 0. The molecule has 102 valence electrons. The standard InChI is InChI=1S/C14H19N3O2/c1-10(2)8-14(18)17-7-5-12(9-17)19-13-4-6-15-11(3)16-13/h4,6,8,12H,5,7,9H2,1-3H3/t12-/m0/s1. The van der Waals surface area contributed by atoms with Crippen molar-refractivity contribution in [1.82, 2.24) is 14.9 Å². The smallest absolute Gasteiger partial charge is 0.246 e. The first-order valence-electron chi connectivity index (χ1n) is 6.44. The minimum absolute atomic E-state index is 0.0174. The Morgan fingerprint density at radius 1 is 1.53 bits per heavy atom. The molecule has 1 aromatic rings. The second kappa shape index (κ2) is 5.82.